The minimum atomic E-state index is -0.103. The van der Waals surface area contributed by atoms with Gasteiger partial charge in [0.2, 0.25) is 0 Å². The first-order valence-electron chi connectivity index (χ1n) is 4.38. The van der Waals surface area contributed by atoms with Gasteiger partial charge in [-0.05, 0) is 6.07 Å². The van der Waals surface area contributed by atoms with Crippen molar-refractivity contribution in [1.82, 2.24) is 14.8 Å². The van der Waals surface area contributed by atoms with Gasteiger partial charge in [-0.3, -0.25) is 0 Å². The molecule has 2 heterocycles. The van der Waals surface area contributed by atoms with Crippen LogP contribution in [-0.4, -0.2) is 26.5 Å². The molecule has 0 amide bonds. The average molecular weight is 219 g/mol. The van der Waals surface area contributed by atoms with Gasteiger partial charge in [-0.2, -0.15) is 5.10 Å². The molecule has 0 aliphatic rings. The van der Waals surface area contributed by atoms with E-state index in [0.29, 0.717) is 6.54 Å². The third-order valence-electron chi connectivity index (χ3n) is 1.75. The van der Waals surface area contributed by atoms with E-state index in [1.54, 1.807) is 22.3 Å². The molecule has 0 aliphatic heterocycles. The summed E-state index contributed by atoms with van der Waals surface area (Å²) in [4.78, 5) is 5.04. The van der Waals surface area contributed by atoms with Crippen molar-refractivity contribution in [3.8, 4) is 11.8 Å². The van der Waals surface area contributed by atoms with Crippen LogP contribution in [0.5, 0.6) is 0 Å². The molecule has 0 spiro atoms. The van der Waals surface area contributed by atoms with Crippen LogP contribution in [0.4, 0.5) is 0 Å². The molecule has 4 nitrogen and oxygen atoms in total. The quantitative estimate of drug-likeness (QED) is 0.758. The van der Waals surface area contributed by atoms with Crippen LogP contribution in [0.2, 0.25) is 0 Å². The van der Waals surface area contributed by atoms with E-state index in [2.05, 4.69) is 21.9 Å². The monoisotopic (exact) mass is 219 g/mol. The summed E-state index contributed by atoms with van der Waals surface area (Å²) in [6.07, 6.45) is 3.19. The van der Waals surface area contributed by atoms with Crippen molar-refractivity contribution in [1.29, 1.82) is 0 Å². The number of thiophene rings is 1. The zero-order valence-electron chi connectivity index (χ0n) is 7.92. The molecule has 76 valence electrons. The second-order valence-corrected chi connectivity index (χ2v) is 3.85. The maximum atomic E-state index is 8.55. The van der Waals surface area contributed by atoms with Gasteiger partial charge >= 0.3 is 0 Å². The lowest BCUT2D eigenvalue weighted by Crippen LogP contribution is -1.97. The van der Waals surface area contributed by atoms with E-state index in [1.807, 2.05) is 11.4 Å². The number of nitrogens with zero attached hydrogens (tertiary/aromatic N) is 3. The molecule has 2 aromatic heterocycles. The molecule has 2 rings (SSSR count). The summed E-state index contributed by atoms with van der Waals surface area (Å²) in [6, 6.07) is 2.00. The Morgan fingerprint density at radius 1 is 1.53 bits per heavy atom. The predicted molar refractivity (Wildman–Crippen MR) is 57.4 cm³/mol. The van der Waals surface area contributed by atoms with E-state index in [-0.39, 0.29) is 6.61 Å². The number of hydrogen-bond donors (Lipinski definition) is 1. The Kier molecular flexibility index (Phi) is 3.12. The van der Waals surface area contributed by atoms with Crippen LogP contribution in [-0.2, 0) is 6.54 Å². The molecular weight excluding hydrogens is 210 g/mol. The van der Waals surface area contributed by atoms with Crippen molar-refractivity contribution < 1.29 is 5.11 Å². The largest absolute Gasteiger partial charge is 0.384 e. The number of aliphatic hydroxyl groups excluding tert-OH is 1. The van der Waals surface area contributed by atoms with Gasteiger partial charge in [-0.25, -0.2) is 9.67 Å². The average Bonchev–Trinajstić information content (AvgIpc) is 2.87. The molecule has 0 aliphatic carbocycles. The van der Waals surface area contributed by atoms with Crippen LogP contribution in [0.25, 0.3) is 0 Å². The third-order valence-corrected chi connectivity index (χ3v) is 2.67. The summed E-state index contributed by atoms with van der Waals surface area (Å²) in [5.41, 5.74) is 0.934. The van der Waals surface area contributed by atoms with Gasteiger partial charge in [0.15, 0.2) is 0 Å². The Bertz CT molecular complexity index is 478. The summed E-state index contributed by atoms with van der Waals surface area (Å²) in [5, 5.41) is 14.5. The SMILES string of the molecule is OCC#Cc1csc(Cn2cncn2)c1. The lowest BCUT2D eigenvalue weighted by atomic mass is 10.3. The number of hydrogen-bond acceptors (Lipinski definition) is 4. The zero-order valence-corrected chi connectivity index (χ0v) is 8.74. The van der Waals surface area contributed by atoms with Crippen LogP contribution in [0.15, 0.2) is 24.1 Å². The molecule has 0 aromatic carbocycles. The smallest absolute Gasteiger partial charge is 0.137 e. The molecule has 2 aromatic rings. The Morgan fingerprint density at radius 3 is 3.20 bits per heavy atom. The molecule has 0 bridgehead atoms. The van der Waals surface area contributed by atoms with Crippen molar-refractivity contribution in [3.05, 3.63) is 34.5 Å². The van der Waals surface area contributed by atoms with Crippen LogP contribution >= 0.6 is 11.3 Å². The Labute approximate surface area is 91.2 Å². The van der Waals surface area contributed by atoms with Crippen molar-refractivity contribution in [2.24, 2.45) is 0 Å². The van der Waals surface area contributed by atoms with Gasteiger partial charge in [-0.15, -0.1) is 11.3 Å². The highest BCUT2D eigenvalue weighted by Crippen LogP contribution is 2.14. The summed E-state index contributed by atoms with van der Waals surface area (Å²) >= 11 is 1.63. The fraction of sp³-hybridized carbons (Fsp3) is 0.200. The Balaban J connectivity index is 2.07. The minimum Gasteiger partial charge on any atom is -0.384 e. The highest BCUT2D eigenvalue weighted by atomic mass is 32.1. The van der Waals surface area contributed by atoms with Crippen LogP contribution in [0.1, 0.15) is 10.4 Å². The van der Waals surface area contributed by atoms with Gasteiger partial charge in [0.25, 0.3) is 0 Å². The van der Waals surface area contributed by atoms with Crippen LogP contribution in [0, 0.1) is 11.8 Å². The second kappa shape index (κ2) is 4.73. The van der Waals surface area contributed by atoms with E-state index in [4.69, 9.17) is 5.11 Å². The van der Waals surface area contributed by atoms with Gasteiger partial charge < -0.3 is 5.11 Å². The zero-order chi connectivity index (χ0) is 10.5. The summed E-state index contributed by atoms with van der Waals surface area (Å²) in [6.45, 7) is 0.611. The molecule has 0 saturated carbocycles. The van der Waals surface area contributed by atoms with Crippen molar-refractivity contribution >= 4 is 11.3 Å². The topological polar surface area (TPSA) is 50.9 Å². The lowest BCUT2D eigenvalue weighted by molar-refractivity contribution is 0.350. The highest BCUT2D eigenvalue weighted by molar-refractivity contribution is 7.10. The van der Waals surface area contributed by atoms with Gasteiger partial charge in [-0.1, -0.05) is 11.8 Å². The third kappa shape index (κ3) is 2.65. The van der Waals surface area contributed by atoms with Crippen molar-refractivity contribution in [3.63, 3.8) is 0 Å². The fourth-order valence-corrected chi connectivity index (χ4v) is 1.95. The van der Waals surface area contributed by atoms with Gasteiger partial charge in [0.1, 0.15) is 19.3 Å². The molecule has 0 atom stereocenters. The van der Waals surface area contributed by atoms with Gasteiger partial charge in [0, 0.05) is 15.8 Å². The maximum Gasteiger partial charge on any atom is 0.137 e. The Hall–Kier alpha value is -1.64. The number of aliphatic hydroxyl groups is 1. The minimum absolute atomic E-state index is 0.103. The lowest BCUT2D eigenvalue weighted by Gasteiger charge is -1.94. The standard InChI is InChI=1S/C10H9N3OS/c14-3-1-2-9-4-10(15-6-9)5-13-8-11-7-12-13/h4,6-8,14H,3,5H2. The molecule has 1 N–H and O–H groups in total. The van der Waals surface area contributed by atoms with Crippen molar-refractivity contribution in [2.75, 3.05) is 6.61 Å². The number of aromatic nitrogens is 3. The van der Waals surface area contributed by atoms with E-state index in [1.165, 1.54) is 11.2 Å². The molecule has 0 radical (unpaired) electrons. The first-order chi connectivity index (χ1) is 7.38. The fourth-order valence-electron chi connectivity index (χ4n) is 1.14. The molecule has 0 saturated heterocycles. The van der Waals surface area contributed by atoms with E-state index >= 15 is 0 Å². The molecule has 0 fully saturated rings. The molecule has 5 heteroatoms. The summed E-state index contributed by atoms with van der Waals surface area (Å²) in [5.74, 6) is 5.47. The molecule has 0 unspecified atom stereocenters. The van der Waals surface area contributed by atoms with Crippen molar-refractivity contribution in [2.45, 2.75) is 6.54 Å². The van der Waals surface area contributed by atoms with Gasteiger partial charge in [0.05, 0.1) is 6.54 Å². The van der Waals surface area contributed by atoms with Crippen LogP contribution < -0.4 is 0 Å². The van der Waals surface area contributed by atoms with Crippen LogP contribution in [0.3, 0.4) is 0 Å². The van der Waals surface area contributed by atoms with E-state index in [9.17, 15) is 0 Å². The molecular formula is C10H9N3OS. The second-order valence-electron chi connectivity index (χ2n) is 2.85. The maximum absolute atomic E-state index is 8.55. The van der Waals surface area contributed by atoms with E-state index < -0.39 is 0 Å². The summed E-state index contributed by atoms with van der Waals surface area (Å²) < 4.78 is 1.76. The normalized spacial score (nSPS) is 9.67. The summed E-state index contributed by atoms with van der Waals surface area (Å²) in [7, 11) is 0. The Morgan fingerprint density at radius 2 is 2.47 bits per heavy atom. The molecule has 15 heavy (non-hydrogen) atoms. The first-order valence-corrected chi connectivity index (χ1v) is 5.26. The highest BCUT2D eigenvalue weighted by Gasteiger charge is 1.99. The first kappa shape index (κ1) is 9.90. The predicted octanol–water partition coefficient (Wildman–Crippen LogP) is 0.732. The van der Waals surface area contributed by atoms with E-state index in [0.717, 1.165) is 5.56 Å². The number of rotatable bonds is 2.